The predicted molar refractivity (Wildman–Crippen MR) is 68.1 cm³/mol. The maximum atomic E-state index is 9.65. The number of alkyl halides is 1. The average molecular weight is 233 g/mol. The van der Waals surface area contributed by atoms with Gasteiger partial charge in [-0.2, -0.15) is 0 Å². The van der Waals surface area contributed by atoms with Crippen LogP contribution < -0.4 is 0 Å². The third kappa shape index (κ3) is 3.09. The molecule has 0 bridgehead atoms. The molecule has 1 aliphatic carbocycles. The fraction of sp³-hybridized carbons (Fsp3) is 0.143. The molecule has 0 saturated heterocycles. The molecule has 1 unspecified atom stereocenters. The summed E-state index contributed by atoms with van der Waals surface area (Å²) in [7, 11) is 0. The molecule has 1 aliphatic rings. The van der Waals surface area contributed by atoms with E-state index in [1.165, 1.54) is 0 Å². The fourth-order valence-corrected chi connectivity index (χ4v) is 1.83. The highest BCUT2D eigenvalue weighted by atomic mass is 35.5. The molecule has 1 nitrogen and oxygen atoms in total. The highest BCUT2D eigenvalue weighted by molar-refractivity contribution is 6.24. The van der Waals surface area contributed by atoms with E-state index in [9.17, 15) is 5.11 Å². The first-order valence-corrected chi connectivity index (χ1v) is 5.56. The molecule has 2 rings (SSSR count). The lowest BCUT2D eigenvalue weighted by molar-refractivity contribution is 0.179. The van der Waals surface area contributed by atoms with Crippen LogP contribution in [-0.4, -0.2) is 10.2 Å². The Kier molecular flexibility index (Phi) is 3.28. The highest BCUT2D eigenvalue weighted by Crippen LogP contribution is 2.27. The summed E-state index contributed by atoms with van der Waals surface area (Å²) in [5.74, 6) is 0. The standard InChI is InChI=1S/C14H13ClO/c15-14(16)10-4-7-13(11-14)9-8-12-5-2-1-3-6-12/h1-10,16H,11H2. The molecule has 0 aromatic heterocycles. The summed E-state index contributed by atoms with van der Waals surface area (Å²) < 4.78 is 0. The number of hydrogen-bond donors (Lipinski definition) is 1. The molecule has 1 atom stereocenters. The van der Waals surface area contributed by atoms with E-state index in [4.69, 9.17) is 11.6 Å². The van der Waals surface area contributed by atoms with Gasteiger partial charge in [0.05, 0.1) is 0 Å². The Morgan fingerprint density at radius 3 is 2.62 bits per heavy atom. The zero-order chi connectivity index (χ0) is 11.4. The third-order valence-corrected chi connectivity index (χ3v) is 2.66. The molecule has 1 N–H and O–H groups in total. The summed E-state index contributed by atoms with van der Waals surface area (Å²) in [6.07, 6.45) is 9.75. The van der Waals surface area contributed by atoms with Gasteiger partial charge in [-0.1, -0.05) is 66.2 Å². The largest absolute Gasteiger partial charge is 0.371 e. The maximum absolute atomic E-state index is 9.65. The van der Waals surface area contributed by atoms with Crippen molar-refractivity contribution in [1.29, 1.82) is 0 Å². The second kappa shape index (κ2) is 4.69. The van der Waals surface area contributed by atoms with E-state index < -0.39 is 5.06 Å². The van der Waals surface area contributed by atoms with Crippen molar-refractivity contribution in [2.24, 2.45) is 0 Å². The van der Waals surface area contributed by atoms with Crippen LogP contribution >= 0.6 is 11.6 Å². The first kappa shape index (κ1) is 11.2. The lowest BCUT2D eigenvalue weighted by atomic mass is 10.0. The normalized spacial score (nSPS) is 24.8. The van der Waals surface area contributed by atoms with Gasteiger partial charge in [-0.15, -0.1) is 0 Å². The van der Waals surface area contributed by atoms with Crippen molar-refractivity contribution in [2.45, 2.75) is 11.5 Å². The quantitative estimate of drug-likeness (QED) is 0.774. The van der Waals surface area contributed by atoms with E-state index in [2.05, 4.69) is 0 Å². The fourth-order valence-electron chi connectivity index (χ4n) is 1.61. The number of rotatable bonds is 2. The van der Waals surface area contributed by atoms with Crippen LogP contribution in [0.1, 0.15) is 12.0 Å². The van der Waals surface area contributed by atoms with Crippen molar-refractivity contribution >= 4 is 17.7 Å². The summed E-state index contributed by atoms with van der Waals surface area (Å²) in [5.41, 5.74) is 2.15. The van der Waals surface area contributed by atoms with Gasteiger partial charge in [0.1, 0.15) is 0 Å². The van der Waals surface area contributed by atoms with Crippen LogP contribution in [0.15, 0.2) is 60.2 Å². The number of hydrogen-bond acceptors (Lipinski definition) is 1. The second-order valence-electron chi connectivity index (χ2n) is 3.84. The topological polar surface area (TPSA) is 20.2 Å². The van der Waals surface area contributed by atoms with Gasteiger partial charge >= 0.3 is 0 Å². The van der Waals surface area contributed by atoms with Gasteiger partial charge in [0, 0.05) is 6.42 Å². The van der Waals surface area contributed by atoms with Crippen molar-refractivity contribution in [3.05, 3.63) is 65.8 Å². The molecule has 16 heavy (non-hydrogen) atoms. The van der Waals surface area contributed by atoms with Gasteiger partial charge in [-0.05, 0) is 17.2 Å². The van der Waals surface area contributed by atoms with Crippen LogP contribution in [0, 0.1) is 0 Å². The van der Waals surface area contributed by atoms with Gasteiger partial charge in [0.25, 0.3) is 0 Å². The minimum Gasteiger partial charge on any atom is -0.371 e. The molecule has 0 amide bonds. The molecular formula is C14H13ClO. The summed E-state index contributed by atoms with van der Waals surface area (Å²) in [5, 5.41) is 8.41. The van der Waals surface area contributed by atoms with Crippen LogP contribution in [-0.2, 0) is 0 Å². The van der Waals surface area contributed by atoms with Crippen LogP contribution in [0.4, 0.5) is 0 Å². The zero-order valence-electron chi connectivity index (χ0n) is 8.81. The number of halogens is 1. The molecule has 82 valence electrons. The van der Waals surface area contributed by atoms with Crippen LogP contribution in [0.3, 0.4) is 0 Å². The first-order valence-electron chi connectivity index (χ1n) is 5.19. The van der Waals surface area contributed by atoms with Gasteiger partial charge in [-0.3, -0.25) is 0 Å². The van der Waals surface area contributed by atoms with E-state index in [1.54, 1.807) is 12.2 Å². The summed E-state index contributed by atoms with van der Waals surface area (Å²) in [4.78, 5) is 0. The molecule has 0 heterocycles. The monoisotopic (exact) mass is 232 g/mol. The highest BCUT2D eigenvalue weighted by Gasteiger charge is 2.22. The number of aliphatic hydroxyl groups is 1. The average Bonchev–Trinajstić information content (AvgIpc) is 2.27. The minimum absolute atomic E-state index is 0.439. The van der Waals surface area contributed by atoms with Crippen molar-refractivity contribution in [3.8, 4) is 0 Å². The number of allylic oxidation sites excluding steroid dienone is 3. The van der Waals surface area contributed by atoms with E-state index in [0.717, 1.165) is 11.1 Å². The van der Waals surface area contributed by atoms with Crippen LogP contribution in [0.2, 0.25) is 0 Å². The first-order chi connectivity index (χ1) is 7.66. The Morgan fingerprint density at radius 2 is 1.94 bits per heavy atom. The molecule has 0 aliphatic heterocycles. The molecule has 0 fully saturated rings. The molecule has 0 saturated carbocycles. The molecular weight excluding hydrogens is 220 g/mol. The van der Waals surface area contributed by atoms with E-state index in [0.29, 0.717) is 6.42 Å². The lowest BCUT2D eigenvalue weighted by Crippen LogP contribution is -2.19. The lowest BCUT2D eigenvalue weighted by Gasteiger charge is -2.19. The minimum atomic E-state index is -1.23. The molecule has 0 radical (unpaired) electrons. The second-order valence-corrected chi connectivity index (χ2v) is 4.49. The van der Waals surface area contributed by atoms with Gasteiger partial charge in [0.2, 0.25) is 0 Å². The summed E-state index contributed by atoms with van der Waals surface area (Å²) in [6, 6.07) is 10.0. The van der Waals surface area contributed by atoms with E-state index in [-0.39, 0.29) is 0 Å². The molecule has 0 spiro atoms. The number of benzene rings is 1. The third-order valence-electron chi connectivity index (χ3n) is 2.40. The SMILES string of the molecule is OC1(Cl)C=CC=C(C=Cc2ccccc2)C1. The van der Waals surface area contributed by atoms with Crippen molar-refractivity contribution in [3.63, 3.8) is 0 Å². The van der Waals surface area contributed by atoms with Gasteiger partial charge < -0.3 is 5.11 Å². The van der Waals surface area contributed by atoms with Crippen LogP contribution in [0.25, 0.3) is 6.08 Å². The summed E-state index contributed by atoms with van der Waals surface area (Å²) in [6.45, 7) is 0. The Labute approximate surface area is 100 Å². The Balaban J connectivity index is 2.09. The van der Waals surface area contributed by atoms with E-state index >= 15 is 0 Å². The van der Waals surface area contributed by atoms with Crippen molar-refractivity contribution < 1.29 is 5.11 Å². The van der Waals surface area contributed by atoms with Crippen LogP contribution in [0.5, 0.6) is 0 Å². The predicted octanol–water partition coefficient (Wildman–Crippen LogP) is 3.51. The Hall–Kier alpha value is -1.31. The van der Waals surface area contributed by atoms with E-state index in [1.807, 2.05) is 48.6 Å². The smallest absolute Gasteiger partial charge is 0.161 e. The molecule has 1 aromatic carbocycles. The van der Waals surface area contributed by atoms with Gasteiger partial charge in [0.15, 0.2) is 5.06 Å². The molecule has 2 heteroatoms. The molecule has 1 aromatic rings. The van der Waals surface area contributed by atoms with Crippen molar-refractivity contribution in [1.82, 2.24) is 0 Å². The van der Waals surface area contributed by atoms with Gasteiger partial charge in [-0.25, -0.2) is 0 Å². The maximum Gasteiger partial charge on any atom is 0.161 e. The zero-order valence-corrected chi connectivity index (χ0v) is 9.56. The Morgan fingerprint density at radius 1 is 1.19 bits per heavy atom. The Bertz CT molecular complexity index is 441. The van der Waals surface area contributed by atoms with Crippen molar-refractivity contribution in [2.75, 3.05) is 0 Å². The summed E-state index contributed by atoms with van der Waals surface area (Å²) >= 11 is 5.84.